The van der Waals surface area contributed by atoms with Crippen LogP contribution in [0.4, 0.5) is 4.79 Å². The van der Waals surface area contributed by atoms with E-state index in [1.54, 1.807) is 0 Å². The number of nitrogens with one attached hydrogen (secondary N) is 2. The molecule has 20 heavy (non-hydrogen) atoms. The Balaban J connectivity index is 1.82. The van der Waals surface area contributed by atoms with Crippen LogP contribution in [0.3, 0.4) is 0 Å². The maximum atomic E-state index is 11.9. The summed E-state index contributed by atoms with van der Waals surface area (Å²) in [6, 6.07) is 8.12. The van der Waals surface area contributed by atoms with Gasteiger partial charge in [0.2, 0.25) is 0 Å². The molecule has 4 unspecified atom stereocenters. The van der Waals surface area contributed by atoms with Crippen LogP contribution in [0, 0.1) is 5.92 Å². The Hall–Kier alpha value is -1.07. The summed E-state index contributed by atoms with van der Waals surface area (Å²) in [6.45, 7) is 3.88. The second-order valence-electron chi connectivity index (χ2n) is 5.54. The summed E-state index contributed by atoms with van der Waals surface area (Å²) in [6.07, 6.45) is 0.972. The Morgan fingerprint density at radius 1 is 1.45 bits per heavy atom. The van der Waals surface area contributed by atoms with E-state index >= 15 is 0 Å². The number of halogens is 1. The fraction of sp³-hybridized carbons (Fsp3) is 0.533. The van der Waals surface area contributed by atoms with Crippen molar-refractivity contribution in [3.8, 4) is 0 Å². The summed E-state index contributed by atoms with van der Waals surface area (Å²) in [4.78, 5) is 11.9. The van der Waals surface area contributed by atoms with E-state index in [0.717, 1.165) is 10.9 Å². The predicted octanol–water partition coefficient (Wildman–Crippen LogP) is 2.62. The maximum absolute atomic E-state index is 11.9. The first kappa shape index (κ1) is 15.3. The number of hydrogen-bond acceptors (Lipinski definition) is 2. The lowest BCUT2D eigenvalue weighted by atomic mass is 10.1. The first-order valence-corrected chi connectivity index (χ1v) is 7.74. The number of carbonyl (C=O) groups is 1. The van der Waals surface area contributed by atoms with E-state index in [-0.39, 0.29) is 30.6 Å². The van der Waals surface area contributed by atoms with Crippen molar-refractivity contribution in [2.24, 2.45) is 5.92 Å². The number of amides is 2. The van der Waals surface area contributed by atoms with Gasteiger partial charge >= 0.3 is 6.03 Å². The molecule has 0 radical (unpaired) electrons. The molecule has 0 aromatic heterocycles. The monoisotopic (exact) mass is 340 g/mol. The third-order valence-corrected chi connectivity index (χ3v) is 4.63. The molecule has 110 valence electrons. The molecule has 0 heterocycles. The van der Waals surface area contributed by atoms with Gasteiger partial charge in [-0.2, -0.15) is 0 Å². The van der Waals surface area contributed by atoms with E-state index < -0.39 is 0 Å². The first-order chi connectivity index (χ1) is 9.52. The van der Waals surface area contributed by atoms with E-state index in [0.29, 0.717) is 5.92 Å². The summed E-state index contributed by atoms with van der Waals surface area (Å²) in [7, 11) is 0. The molecule has 4 atom stereocenters. The molecule has 3 N–H and O–H groups in total. The molecule has 1 aromatic rings. The van der Waals surface area contributed by atoms with Gasteiger partial charge in [0.1, 0.15) is 0 Å². The number of benzene rings is 1. The van der Waals surface area contributed by atoms with Crippen LogP contribution in [-0.2, 0) is 0 Å². The SMILES string of the molecule is CC(CO)C(C)NC(=O)NC1CC1c1ccccc1Br. The molecular weight excluding hydrogens is 320 g/mol. The van der Waals surface area contributed by atoms with E-state index in [2.05, 4.69) is 32.6 Å². The van der Waals surface area contributed by atoms with Crippen molar-refractivity contribution in [3.05, 3.63) is 34.3 Å². The highest BCUT2D eigenvalue weighted by Crippen LogP contribution is 2.43. The highest BCUT2D eigenvalue weighted by molar-refractivity contribution is 9.10. The van der Waals surface area contributed by atoms with Crippen molar-refractivity contribution in [1.29, 1.82) is 0 Å². The summed E-state index contributed by atoms with van der Waals surface area (Å²) in [5, 5.41) is 14.9. The Morgan fingerprint density at radius 2 is 2.15 bits per heavy atom. The Kier molecular flexibility index (Phi) is 5.05. The summed E-state index contributed by atoms with van der Waals surface area (Å²) in [5.41, 5.74) is 1.24. The van der Waals surface area contributed by atoms with Gasteiger partial charge in [-0.1, -0.05) is 41.1 Å². The number of carbonyl (C=O) groups excluding carboxylic acids is 1. The predicted molar refractivity (Wildman–Crippen MR) is 82.7 cm³/mol. The molecule has 0 aliphatic heterocycles. The van der Waals surface area contributed by atoms with Gasteiger partial charge in [-0.3, -0.25) is 0 Å². The van der Waals surface area contributed by atoms with Crippen molar-refractivity contribution in [2.45, 2.75) is 38.3 Å². The molecule has 1 saturated carbocycles. The van der Waals surface area contributed by atoms with Crippen LogP contribution >= 0.6 is 15.9 Å². The van der Waals surface area contributed by atoms with Gasteiger partial charge in [-0.25, -0.2) is 4.79 Å². The Morgan fingerprint density at radius 3 is 2.80 bits per heavy atom. The highest BCUT2D eigenvalue weighted by atomic mass is 79.9. The second kappa shape index (κ2) is 6.59. The van der Waals surface area contributed by atoms with Crippen LogP contribution in [0.2, 0.25) is 0 Å². The molecule has 5 heteroatoms. The molecule has 0 spiro atoms. The van der Waals surface area contributed by atoms with Crippen molar-refractivity contribution in [1.82, 2.24) is 10.6 Å². The summed E-state index contributed by atoms with van der Waals surface area (Å²) >= 11 is 3.54. The van der Waals surface area contributed by atoms with E-state index in [9.17, 15) is 4.79 Å². The van der Waals surface area contributed by atoms with Crippen LogP contribution in [0.25, 0.3) is 0 Å². The zero-order valence-electron chi connectivity index (χ0n) is 11.8. The molecular formula is C15H21BrN2O2. The lowest BCUT2D eigenvalue weighted by Gasteiger charge is -2.19. The largest absolute Gasteiger partial charge is 0.396 e. The molecule has 4 nitrogen and oxygen atoms in total. The van der Waals surface area contributed by atoms with Crippen molar-refractivity contribution < 1.29 is 9.90 Å². The van der Waals surface area contributed by atoms with Crippen molar-refractivity contribution >= 4 is 22.0 Å². The molecule has 2 amide bonds. The van der Waals surface area contributed by atoms with E-state index in [1.165, 1.54) is 5.56 Å². The van der Waals surface area contributed by atoms with Crippen LogP contribution in [0.15, 0.2) is 28.7 Å². The number of urea groups is 1. The molecule has 1 aliphatic rings. The Labute approximate surface area is 128 Å². The second-order valence-corrected chi connectivity index (χ2v) is 6.39. The smallest absolute Gasteiger partial charge is 0.315 e. The fourth-order valence-corrected chi connectivity index (χ4v) is 2.77. The number of hydrogen-bond donors (Lipinski definition) is 3. The van der Waals surface area contributed by atoms with Crippen LogP contribution < -0.4 is 10.6 Å². The summed E-state index contributed by atoms with van der Waals surface area (Å²) in [5.74, 6) is 0.445. The molecule has 0 bridgehead atoms. The lowest BCUT2D eigenvalue weighted by Crippen LogP contribution is -2.45. The van der Waals surface area contributed by atoms with E-state index in [4.69, 9.17) is 5.11 Å². The van der Waals surface area contributed by atoms with Gasteiger partial charge in [0.05, 0.1) is 0 Å². The molecule has 1 aliphatic carbocycles. The van der Waals surface area contributed by atoms with Gasteiger partial charge < -0.3 is 15.7 Å². The zero-order valence-corrected chi connectivity index (χ0v) is 13.4. The van der Waals surface area contributed by atoms with Gasteiger partial charge in [-0.15, -0.1) is 0 Å². The van der Waals surface area contributed by atoms with Gasteiger partial charge in [0.25, 0.3) is 0 Å². The molecule has 2 rings (SSSR count). The Bertz CT molecular complexity index is 481. The van der Waals surface area contributed by atoms with Crippen LogP contribution in [0.1, 0.15) is 31.7 Å². The average Bonchev–Trinajstić information content (AvgIpc) is 3.16. The third kappa shape index (κ3) is 3.73. The topological polar surface area (TPSA) is 61.4 Å². The summed E-state index contributed by atoms with van der Waals surface area (Å²) < 4.78 is 1.09. The number of aliphatic hydroxyl groups excluding tert-OH is 1. The number of rotatable bonds is 5. The minimum atomic E-state index is -0.155. The first-order valence-electron chi connectivity index (χ1n) is 6.95. The average molecular weight is 341 g/mol. The van der Waals surface area contributed by atoms with Crippen LogP contribution in [-0.4, -0.2) is 29.8 Å². The van der Waals surface area contributed by atoms with Crippen LogP contribution in [0.5, 0.6) is 0 Å². The van der Waals surface area contributed by atoms with E-state index in [1.807, 2.05) is 32.0 Å². The standard InChI is InChI=1S/C15H21BrN2O2/c1-9(8-19)10(2)17-15(20)18-14-7-12(14)11-5-3-4-6-13(11)16/h3-6,9-10,12,14,19H,7-8H2,1-2H3,(H2,17,18,20). The molecule has 1 aromatic carbocycles. The molecule has 0 saturated heterocycles. The maximum Gasteiger partial charge on any atom is 0.315 e. The number of aliphatic hydroxyl groups is 1. The quantitative estimate of drug-likeness (QED) is 0.771. The third-order valence-electron chi connectivity index (χ3n) is 3.91. The fourth-order valence-electron chi connectivity index (χ4n) is 2.19. The van der Waals surface area contributed by atoms with Crippen molar-refractivity contribution in [3.63, 3.8) is 0 Å². The zero-order chi connectivity index (χ0) is 14.7. The highest BCUT2D eigenvalue weighted by Gasteiger charge is 2.40. The van der Waals surface area contributed by atoms with Gasteiger partial charge in [0, 0.05) is 29.1 Å². The van der Waals surface area contributed by atoms with Crippen molar-refractivity contribution in [2.75, 3.05) is 6.61 Å². The minimum absolute atomic E-state index is 0.0411. The van der Waals surface area contributed by atoms with Gasteiger partial charge in [0.15, 0.2) is 0 Å². The minimum Gasteiger partial charge on any atom is -0.396 e. The molecule has 1 fully saturated rings. The normalized spacial score (nSPS) is 23.8. The lowest BCUT2D eigenvalue weighted by molar-refractivity contribution is 0.200. The van der Waals surface area contributed by atoms with Gasteiger partial charge in [-0.05, 0) is 30.9 Å².